The number of sulfone groups is 1. The topological polar surface area (TPSA) is 119 Å². The molecular formula is C16H19N3O4S. The highest BCUT2D eigenvalue weighted by Crippen LogP contribution is 2.35. The quantitative estimate of drug-likeness (QED) is 0.723. The van der Waals surface area contributed by atoms with E-state index in [4.69, 9.17) is 5.26 Å². The van der Waals surface area contributed by atoms with Crippen LogP contribution in [0.25, 0.3) is 0 Å². The van der Waals surface area contributed by atoms with Crippen LogP contribution in [0.2, 0.25) is 0 Å². The van der Waals surface area contributed by atoms with Crippen LogP contribution in [-0.4, -0.2) is 42.8 Å². The zero-order chi connectivity index (χ0) is 17.5. The Morgan fingerprint density at radius 1 is 1.46 bits per heavy atom. The van der Waals surface area contributed by atoms with Crippen LogP contribution in [0.1, 0.15) is 24.8 Å². The summed E-state index contributed by atoms with van der Waals surface area (Å²) in [5, 5.41) is 23.9. The van der Waals surface area contributed by atoms with Gasteiger partial charge in [-0.2, -0.15) is 5.26 Å². The Balaban J connectivity index is 1.74. The van der Waals surface area contributed by atoms with Crippen molar-refractivity contribution in [3.05, 3.63) is 23.8 Å². The minimum atomic E-state index is -3.75. The van der Waals surface area contributed by atoms with Gasteiger partial charge in [-0.1, -0.05) is 12.1 Å². The van der Waals surface area contributed by atoms with Gasteiger partial charge >= 0.3 is 0 Å². The van der Waals surface area contributed by atoms with E-state index < -0.39 is 26.7 Å². The maximum atomic E-state index is 12.7. The summed E-state index contributed by atoms with van der Waals surface area (Å²) >= 11 is 0. The number of hydrogen-bond donors (Lipinski definition) is 3. The van der Waals surface area contributed by atoms with Crippen molar-refractivity contribution in [2.45, 2.75) is 47.9 Å². The number of rotatable bonds is 4. The largest absolute Gasteiger partial charge is 0.506 e. The third-order valence-corrected chi connectivity index (χ3v) is 6.86. The molecule has 3 rings (SSSR count). The van der Waals surface area contributed by atoms with Gasteiger partial charge in [0.05, 0.1) is 17.4 Å². The predicted molar refractivity (Wildman–Crippen MR) is 85.9 cm³/mol. The summed E-state index contributed by atoms with van der Waals surface area (Å²) in [6, 6.07) is 6.02. The number of carbonyl (C=O) groups excluding carboxylic acids is 1. The van der Waals surface area contributed by atoms with Gasteiger partial charge in [0.1, 0.15) is 16.2 Å². The Hall–Kier alpha value is -2.11. The van der Waals surface area contributed by atoms with Gasteiger partial charge in [-0.05, 0) is 37.8 Å². The molecule has 3 N–H and O–H groups in total. The number of nitriles is 1. The minimum absolute atomic E-state index is 0.106. The van der Waals surface area contributed by atoms with Crippen molar-refractivity contribution in [1.29, 1.82) is 5.26 Å². The number of phenols is 1. The summed E-state index contributed by atoms with van der Waals surface area (Å²) in [5.74, 6) is -0.591. The first-order chi connectivity index (χ1) is 11.3. The van der Waals surface area contributed by atoms with Crippen molar-refractivity contribution in [2.24, 2.45) is 0 Å². The lowest BCUT2D eigenvalue weighted by Crippen LogP contribution is -2.45. The molecule has 1 saturated carbocycles. The molecule has 8 heteroatoms. The summed E-state index contributed by atoms with van der Waals surface area (Å²) in [6.45, 7) is 1.77. The van der Waals surface area contributed by atoms with Gasteiger partial charge in [0.2, 0.25) is 5.91 Å². The zero-order valence-electron chi connectivity index (χ0n) is 13.2. The smallest absolute Gasteiger partial charge is 0.238 e. The van der Waals surface area contributed by atoms with Gasteiger partial charge < -0.3 is 15.7 Å². The van der Waals surface area contributed by atoms with E-state index in [1.54, 1.807) is 19.1 Å². The van der Waals surface area contributed by atoms with Crippen LogP contribution in [0.4, 0.5) is 0 Å². The van der Waals surface area contributed by atoms with Gasteiger partial charge in [0, 0.05) is 6.54 Å². The summed E-state index contributed by atoms with van der Waals surface area (Å²) in [4.78, 5) is 12.1. The first-order valence-electron chi connectivity index (χ1n) is 7.78. The second-order valence-corrected chi connectivity index (χ2v) is 8.66. The Kier molecular flexibility index (Phi) is 4.01. The van der Waals surface area contributed by atoms with E-state index in [1.807, 2.05) is 0 Å². The molecule has 1 aliphatic heterocycles. The zero-order valence-corrected chi connectivity index (χ0v) is 14.1. The Morgan fingerprint density at radius 2 is 2.17 bits per heavy atom. The van der Waals surface area contributed by atoms with Crippen molar-refractivity contribution < 1.29 is 18.3 Å². The monoisotopic (exact) mass is 349 g/mol. The number of aromatic hydroxyl groups is 1. The highest BCUT2D eigenvalue weighted by Gasteiger charge is 2.47. The number of para-hydroxylation sites is 1. The molecule has 128 valence electrons. The molecule has 7 nitrogen and oxygen atoms in total. The van der Waals surface area contributed by atoms with Crippen LogP contribution < -0.4 is 10.6 Å². The van der Waals surface area contributed by atoms with Gasteiger partial charge in [-0.3, -0.25) is 4.79 Å². The van der Waals surface area contributed by atoms with Gasteiger partial charge in [-0.25, -0.2) is 8.42 Å². The second kappa shape index (κ2) is 5.76. The molecule has 0 bridgehead atoms. The molecule has 0 unspecified atom stereocenters. The van der Waals surface area contributed by atoms with E-state index in [9.17, 15) is 18.3 Å². The maximum Gasteiger partial charge on any atom is 0.238 e. The third kappa shape index (κ3) is 2.85. The van der Waals surface area contributed by atoms with Crippen molar-refractivity contribution in [2.75, 3.05) is 6.54 Å². The van der Waals surface area contributed by atoms with E-state index in [-0.39, 0.29) is 29.5 Å². The molecule has 1 aromatic carbocycles. The molecule has 1 aliphatic carbocycles. The van der Waals surface area contributed by atoms with E-state index in [1.165, 1.54) is 6.07 Å². The third-order valence-electron chi connectivity index (χ3n) is 4.68. The molecular weight excluding hydrogens is 330 g/mol. The minimum Gasteiger partial charge on any atom is -0.506 e. The van der Waals surface area contributed by atoms with Crippen molar-refractivity contribution in [3.8, 4) is 11.8 Å². The van der Waals surface area contributed by atoms with E-state index >= 15 is 0 Å². The summed E-state index contributed by atoms with van der Waals surface area (Å²) < 4.78 is 25.5. The number of hydrogen-bond acceptors (Lipinski definition) is 6. The Bertz CT molecular complexity index is 824. The molecule has 1 saturated heterocycles. The van der Waals surface area contributed by atoms with Crippen molar-refractivity contribution in [1.82, 2.24) is 10.6 Å². The molecule has 0 spiro atoms. The van der Waals surface area contributed by atoms with Crippen molar-refractivity contribution in [3.63, 3.8) is 0 Å². The SMILES string of the molecule is Cc1cccc(S(=O)(=O)[C@H]2CN[C@H](C(=O)NC3(C#N)CC3)C2)c1O. The Labute approximate surface area is 140 Å². The van der Waals surface area contributed by atoms with E-state index in [0.717, 1.165) is 0 Å². The fourth-order valence-electron chi connectivity index (χ4n) is 2.89. The van der Waals surface area contributed by atoms with Crippen LogP contribution in [0.5, 0.6) is 5.75 Å². The van der Waals surface area contributed by atoms with Crippen LogP contribution in [0.15, 0.2) is 23.1 Å². The van der Waals surface area contributed by atoms with Crippen LogP contribution in [0, 0.1) is 18.3 Å². The molecule has 2 fully saturated rings. The maximum absolute atomic E-state index is 12.7. The molecule has 0 radical (unpaired) electrons. The lowest BCUT2D eigenvalue weighted by Gasteiger charge is -2.15. The number of benzene rings is 1. The molecule has 2 atom stereocenters. The highest BCUT2D eigenvalue weighted by atomic mass is 32.2. The van der Waals surface area contributed by atoms with Crippen LogP contribution in [0.3, 0.4) is 0 Å². The fraction of sp³-hybridized carbons (Fsp3) is 0.500. The highest BCUT2D eigenvalue weighted by molar-refractivity contribution is 7.92. The van der Waals surface area contributed by atoms with Crippen LogP contribution >= 0.6 is 0 Å². The molecule has 24 heavy (non-hydrogen) atoms. The number of phenolic OH excluding ortho intramolecular Hbond substituents is 1. The average Bonchev–Trinajstić information content (AvgIpc) is 3.12. The van der Waals surface area contributed by atoms with Gasteiger partial charge in [0.15, 0.2) is 9.84 Å². The fourth-order valence-corrected chi connectivity index (χ4v) is 4.71. The summed E-state index contributed by atoms with van der Waals surface area (Å²) in [5.41, 5.74) is -0.286. The Morgan fingerprint density at radius 3 is 2.79 bits per heavy atom. The predicted octanol–water partition coefficient (Wildman–Crippen LogP) is 0.377. The number of nitrogens with zero attached hydrogens (tertiary/aromatic N) is 1. The number of nitrogens with one attached hydrogen (secondary N) is 2. The number of amides is 1. The first kappa shape index (κ1) is 16.7. The number of carbonyl (C=O) groups is 1. The van der Waals surface area contributed by atoms with E-state index in [0.29, 0.717) is 18.4 Å². The summed E-state index contributed by atoms with van der Waals surface area (Å²) in [7, 11) is -3.75. The normalized spacial score (nSPS) is 25.0. The molecule has 1 amide bonds. The standard InChI is InChI=1S/C16H19N3O4S/c1-10-3-2-4-13(14(10)20)24(22,23)11-7-12(18-8-11)15(21)19-16(9-17)5-6-16/h2-4,11-12,18,20H,5-8H2,1H3,(H,19,21)/t11-,12+/m1/s1. The molecule has 2 aliphatic rings. The lowest BCUT2D eigenvalue weighted by atomic mass is 10.2. The lowest BCUT2D eigenvalue weighted by molar-refractivity contribution is -0.123. The number of aryl methyl sites for hydroxylation is 1. The van der Waals surface area contributed by atoms with Crippen molar-refractivity contribution >= 4 is 15.7 Å². The van der Waals surface area contributed by atoms with Crippen LogP contribution in [-0.2, 0) is 14.6 Å². The molecule has 1 heterocycles. The first-order valence-corrected chi connectivity index (χ1v) is 9.33. The molecule has 0 aromatic heterocycles. The average molecular weight is 349 g/mol. The summed E-state index contributed by atoms with van der Waals surface area (Å²) in [6.07, 6.45) is 1.37. The van der Waals surface area contributed by atoms with Gasteiger partial charge in [0.25, 0.3) is 0 Å². The van der Waals surface area contributed by atoms with E-state index in [2.05, 4.69) is 16.7 Å². The van der Waals surface area contributed by atoms with Gasteiger partial charge in [-0.15, -0.1) is 0 Å². The second-order valence-electron chi connectivity index (χ2n) is 6.47. The molecule has 1 aromatic rings.